The van der Waals surface area contributed by atoms with Crippen LogP contribution in [0.5, 0.6) is 0 Å². The van der Waals surface area contributed by atoms with Gasteiger partial charge in [-0.3, -0.25) is 0 Å². The molecule has 0 aromatic heterocycles. The van der Waals surface area contributed by atoms with Crippen molar-refractivity contribution in [2.75, 3.05) is 14.1 Å². The standard InChI is InChI=1S/C15H29N.C14H27N/c1-10(2)13-9-12-7-6-8-14(16(12)5)15(13)11(3)4;1-9(2)12-8-11-6-7-13(15(11)5)14(12)10(3)4/h10-15H,6-9H2,1-5H3;9-14H,6-8H2,1-5H3. The van der Waals surface area contributed by atoms with Crippen LogP contribution in [-0.4, -0.2) is 48.1 Å². The van der Waals surface area contributed by atoms with Crippen LogP contribution in [0.15, 0.2) is 0 Å². The van der Waals surface area contributed by atoms with Crippen molar-refractivity contribution < 1.29 is 0 Å². The fourth-order valence-electron chi connectivity index (χ4n) is 8.60. The molecule has 0 aliphatic carbocycles. The number of fused-ring (bicyclic) bond motifs is 4. The molecule has 4 fully saturated rings. The zero-order chi connectivity index (χ0) is 23.0. The van der Waals surface area contributed by atoms with Crippen LogP contribution < -0.4 is 0 Å². The van der Waals surface area contributed by atoms with E-state index < -0.39 is 0 Å². The first kappa shape index (κ1) is 25.5. The first-order valence-electron chi connectivity index (χ1n) is 14.0. The average molecular weight is 433 g/mol. The van der Waals surface area contributed by atoms with Crippen molar-refractivity contribution in [3.8, 4) is 0 Å². The van der Waals surface area contributed by atoms with E-state index in [9.17, 15) is 0 Å². The molecular weight excluding hydrogens is 376 g/mol. The van der Waals surface area contributed by atoms with Crippen LogP contribution in [0, 0.1) is 47.3 Å². The summed E-state index contributed by atoms with van der Waals surface area (Å²) in [5.74, 6) is 7.24. The van der Waals surface area contributed by atoms with Crippen LogP contribution in [0.3, 0.4) is 0 Å². The summed E-state index contributed by atoms with van der Waals surface area (Å²) in [6.45, 7) is 19.4. The van der Waals surface area contributed by atoms with Crippen molar-refractivity contribution in [3.05, 3.63) is 0 Å². The summed E-state index contributed by atoms with van der Waals surface area (Å²) in [6, 6.07) is 3.55. The van der Waals surface area contributed by atoms with Gasteiger partial charge in [-0.15, -0.1) is 0 Å². The molecule has 4 bridgehead atoms. The molecule has 0 N–H and O–H groups in total. The molecule has 0 aromatic carbocycles. The second kappa shape index (κ2) is 10.5. The van der Waals surface area contributed by atoms with E-state index in [1.807, 2.05) is 0 Å². The fourth-order valence-corrected chi connectivity index (χ4v) is 8.60. The third kappa shape index (κ3) is 5.21. The van der Waals surface area contributed by atoms with Crippen molar-refractivity contribution >= 4 is 0 Å². The number of nitrogens with zero attached hydrogens (tertiary/aromatic N) is 2. The molecule has 4 aliphatic heterocycles. The van der Waals surface area contributed by atoms with Crippen molar-refractivity contribution in [2.24, 2.45) is 47.3 Å². The zero-order valence-electron chi connectivity index (χ0n) is 22.8. The van der Waals surface area contributed by atoms with Gasteiger partial charge in [-0.25, -0.2) is 0 Å². The molecule has 4 aliphatic rings. The lowest BCUT2D eigenvalue weighted by atomic mass is 9.64. The van der Waals surface area contributed by atoms with Crippen LogP contribution in [0.25, 0.3) is 0 Å². The van der Waals surface area contributed by atoms with Gasteiger partial charge in [0.1, 0.15) is 0 Å². The van der Waals surface area contributed by atoms with Gasteiger partial charge in [-0.05, 0) is 100.0 Å². The molecule has 2 nitrogen and oxygen atoms in total. The highest BCUT2D eigenvalue weighted by atomic mass is 15.2. The Morgan fingerprint density at radius 3 is 1.35 bits per heavy atom. The molecule has 2 heteroatoms. The van der Waals surface area contributed by atoms with Crippen LogP contribution in [0.1, 0.15) is 100 Å². The van der Waals surface area contributed by atoms with Gasteiger partial charge in [0.05, 0.1) is 0 Å². The maximum Gasteiger partial charge on any atom is 0.0129 e. The molecular formula is C29H56N2. The van der Waals surface area contributed by atoms with E-state index in [1.165, 1.54) is 44.9 Å². The third-order valence-corrected chi connectivity index (χ3v) is 10.2. The summed E-state index contributed by atoms with van der Waals surface area (Å²) in [4.78, 5) is 5.40. The predicted molar refractivity (Wildman–Crippen MR) is 136 cm³/mol. The maximum absolute atomic E-state index is 2.72. The highest BCUT2D eigenvalue weighted by molar-refractivity contribution is 5.00. The number of piperidine rings is 3. The van der Waals surface area contributed by atoms with Crippen LogP contribution in [-0.2, 0) is 0 Å². The molecule has 4 heterocycles. The Morgan fingerprint density at radius 2 is 0.935 bits per heavy atom. The normalized spacial score (nSPS) is 41.2. The van der Waals surface area contributed by atoms with Crippen molar-refractivity contribution in [2.45, 2.75) is 125 Å². The number of hydrogen-bond donors (Lipinski definition) is 0. The third-order valence-electron chi connectivity index (χ3n) is 10.2. The minimum Gasteiger partial charge on any atom is -0.300 e. The Labute approximate surface area is 195 Å². The Bertz CT molecular complexity index is 551. The molecule has 0 amide bonds. The Morgan fingerprint density at radius 1 is 0.516 bits per heavy atom. The van der Waals surface area contributed by atoms with Crippen LogP contribution in [0.4, 0.5) is 0 Å². The van der Waals surface area contributed by atoms with E-state index in [4.69, 9.17) is 0 Å². The van der Waals surface area contributed by atoms with Gasteiger partial charge in [-0.1, -0.05) is 61.8 Å². The van der Waals surface area contributed by atoms with Gasteiger partial charge in [0.25, 0.3) is 0 Å². The van der Waals surface area contributed by atoms with E-state index in [0.717, 1.165) is 71.5 Å². The highest BCUT2D eigenvalue weighted by Crippen LogP contribution is 2.47. The first-order chi connectivity index (χ1) is 14.5. The van der Waals surface area contributed by atoms with Gasteiger partial charge < -0.3 is 9.80 Å². The maximum atomic E-state index is 2.72. The van der Waals surface area contributed by atoms with E-state index in [0.29, 0.717) is 0 Å². The second-order valence-electron chi connectivity index (χ2n) is 13.2. The van der Waals surface area contributed by atoms with Crippen molar-refractivity contribution in [1.29, 1.82) is 0 Å². The minimum absolute atomic E-state index is 0.846. The predicted octanol–water partition coefficient (Wildman–Crippen LogP) is 7.18. The van der Waals surface area contributed by atoms with Gasteiger partial charge in [0.15, 0.2) is 0 Å². The number of hydrogen-bond acceptors (Lipinski definition) is 2. The molecule has 0 radical (unpaired) electrons. The minimum atomic E-state index is 0.846. The molecule has 0 aromatic rings. The molecule has 182 valence electrons. The van der Waals surface area contributed by atoms with Crippen molar-refractivity contribution in [1.82, 2.24) is 9.80 Å². The quantitative estimate of drug-likeness (QED) is 0.464. The second-order valence-corrected chi connectivity index (χ2v) is 13.2. The summed E-state index contributed by atoms with van der Waals surface area (Å²) in [7, 11) is 4.73. The molecule has 8 unspecified atom stereocenters. The summed E-state index contributed by atoms with van der Waals surface area (Å²) in [6.07, 6.45) is 10.2. The van der Waals surface area contributed by atoms with Gasteiger partial charge in [0.2, 0.25) is 0 Å². The molecule has 0 spiro atoms. The monoisotopic (exact) mass is 432 g/mol. The molecule has 4 saturated heterocycles. The summed E-state index contributed by atoms with van der Waals surface area (Å²) in [5, 5.41) is 0. The zero-order valence-corrected chi connectivity index (χ0v) is 22.8. The van der Waals surface area contributed by atoms with E-state index >= 15 is 0 Å². The molecule has 4 rings (SSSR count). The van der Waals surface area contributed by atoms with Gasteiger partial charge in [0, 0.05) is 24.2 Å². The lowest BCUT2D eigenvalue weighted by Crippen LogP contribution is -2.57. The smallest absolute Gasteiger partial charge is 0.0129 e. The average Bonchev–Trinajstić information content (AvgIpc) is 2.89. The Balaban J connectivity index is 0.000000176. The summed E-state index contributed by atoms with van der Waals surface area (Å²) >= 11 is 0. The summed E-state index contributed by atoms with van der Waals surface area (Å²) < 4.78 is 0. The molecule has 8 atom stereocenters. The molecule has 31 heavy (non-hydrogen) atoms. The largest absolute Gasteiger partial charge is 0.300 e. The topological polar surface area (TPSA) is 6.48 Å². The lowest BCUT2D eigenvalue weighted by molar-refractivity contribution is -0.0465. The summed E-state index contributed by atoms with van der Waals surface area (Å²) in [5.41, 5.74) is 0. The van der Waals surface area contributed by atoms with Gasteiger partial charge >= 0.3 is 0 Å². The van der Waals surface area contributed by atoms with Crippen LogP contribution >= 0.6 is 0 Å². The van der Waals surface area contributed by atoms with E-state index in [2.05, 4.69) is 79.3 Å². The first-order valence-corrected chi connectivity index (χ1v) is 14.0. The lowest BCUT2D eigenvalue weighted by Gasteiger charge is -2.54. The van der Waals surface area contributed by atoms with Gasteiger partial charge in [-0.2, -0.15) is 0 Å². The van der Waals surface area contributed by atoms with Crippen molar-refractivity contribution in [3.63, 3.8) is 0 Å². The molecule has 0 saturated carbocycles. The SMILES string of the molecule is CC(C)C1CC2CCC(C1C(C)C)N2C.CC(C)C1CC2CCCC(C1C(C)C)N2C. The van der Waals surface area contributed by atoms with E-state index in [-0.39, 0.29) is 0 Å². The Kier molecular flexibility index (Phi) is 8.62. The fraction of sp³-hybridized carbons (Fsp3) is 1.00. The van der Waals surface area contributed by atoms with Crippen LogP contribution in [0.2, 0.25) is 0 Å². The highest BCUT2D eigenvalue weighted by Gasteiger charge is 2.47. The Hall–Kier alpha value is -0.0800. The number of rotatable bonds is 4. The van der Waals surface area contributed by atoms with E-state index in [1.54, 1.807) is 0 Å².